The van der Waals surface area contributed by atoms with E-state index in [1.807, 2.05) is 30.3 Å². The van der Waals surface area contributed by atoms with E-state index in [0.29, 0.717) is 11.6 Å². The molecule has 0 unspecified atom stereocenters. The van der Waals surface area contributed by atoms with Gasteiger partial charge in [0.05, 0.1) is 5.02 Å². The summed E-state index contributed by atoms with van der Waals surface area (Å²) >= 11 is 5.75. The lowest BCUT2D eigenvalue weighted by molar-refractivity contribution is 1.07. The Hall–Kier alpha value is -1.58. The highest BCUT2D eigenvalue weighted by Crippen LogP contribution is 2.16. The third kappa shape index (κ3) is 2.72. The van der Waals surface area contributed by atoms with Crippen molar-refractivity contribution in [2.45, 2.75) is 6.54 Å². The van der Waals surface area contributed by atoms with Crippen molar-refractivity contribution in [3.05, 3.63) is 53.2 Å². The molecule has 0 saturated heterocycles. The minimum Gasteiger partial charge on any atom is -0.340 e. The molecule has 0 radical (unpaired) electrons. The molecule has 4 heteroatoms. The van der Waals surface area contributed by atoms with Crippen LogP contribution in [0.2, 0.25) is 5.02 Å². The van der Waals surface area contributed by atoms with Gasteiger partial charge in [0, 0.05) is 18.4 Å². The van der Waals surface area contributed by atoms with Crippen LogP contribution in [-0.4, -0.2) is 4.98 Å². The van der Waals surface area contributed by atoms with Crippen molar-refractivity contribution in [1.82, 2.24) is 4.98 Å². The van der Waals surface area contributed by atoms with Crippen LogP contribution >= 0.6 is 11.6 Å². The molecule has 1 aromatic heterocycles. The summed E-state index contributed by atoms with van der Waals surface area (Å²) in [6.45, 7) is 0.555. The first-order chi connectivity index (χ1) is 7.78. The number of aromatic nitrogens is 1. The Morgan fingerprint density at radius 1 is 1.12 bits per heavy atom. The number of halogens is 1. The lowest BCUT2D eigenvalue weighted by Crippen LogP contribution is -1.97. The molecule has 2 aromatic rings. The second-order valence-electron chi connectivity index (χ2n) is 3.39. The van der Waals surface area contributed by atoms with Gasteiger partial charge < -0.3 is 11.1 Å². The number of hydrogen-bond acceptors (Lipinski definition) is 3. The molecule has 1 aromatic carbocycles. The molecule has 0 fully saturated rings. The quantitative estimate of drug-likeness (QED) is 0.857. The number of nitrogens with zero attached hydrogens (tertiary/aromatic N) is 1. The minimum atomic E-state index is 0.555. The van der Waals surface area contributed by atoms with Crippen LogP contribution in [0.4, 0.5) is 11.5 Å². The van der Waals surface area contributed by atoms with Crippen LogP contribution in [0.1, 0.15) is 5.56 Å². The fourth-order valence-electron chi connectivity index (χ4n) is 1.32. The normalized spacial score (nSPS) is 10.1. The summed E-state index contributed by atoms with van der Waals surface area (Å²) in [7, 11) is 0. The van der Waals surface area contributed by atoms with Crippen LogP contribution in [0, 0.1) is 0 Å². The van der Waals surface area contributed by atoms with Gasteiger partial charge in [0.25, 0.3) is 0 Å². The van der Waals surface area contributed by atoms with E-state index in [9.17, 15) is 0 Å². The van der Waals surface area contributed by atoms with E-state index >= 15 is 0 Å². The van der Waals surface area contributed by atoms with E-state index in [4.69, 9.17) is 17.3 Å². The Bertz CT molecular complexity index is 451. The van der Waals surface area contributed by atoms with Gasteiger partial charge >= 0.3 is 0 Å². The summed E-state index contributed by atoms with van der Waals surface area (Å²) in [5.41, 5.74) is 7.61. The van der Waals surface area contributed by atoms with Crippen molar-refractivity contribution < 1.29 is 0 Å². The molecule has 82 valence electrons. The largest absolute Gasteiger partial charge is 0.340 e. The van der Waals surface area contributed by atoms with Gasteiger partial charge in [-0.25, -0.2) is 4.98 Å². The van der Waals surface area contributed by atoms with E-state index < -0.39 is 0 Å². The van der Waals surface area contributed by atoms with Gasteiger partial charge in [-0.15, -0.1) is 0 Å². The molecule has 0 spiro atoms. The predicted octanol–water partition coefficient (Wildman–Crippen LogP) is 2.94. The number of hydrogen-bond donors (Lipinski definition) is 2. The highest BCUT2D eigenvalue weighted by atomic mass is 35.5. The van der Waals surface area contributed by atoms with Gasteiger partial charge in [-0.05, 0) is 29.8 Å². The summed E-state index contributed by atoms with van der Waals surface area (Å²) in [6, 6.07) is 11.5. The molecule has 1 heterocycles. The number of anilines is 2. The van der Waals surface area contributed by atoms with E-state index in [2.05, 4.69) is 10.3 Å². The second kappa shape index (κ2) is 4.96. The minimum absolute atomic E-state index is 0.555. The Morgan fingerprint density at radius 3 is 2.44 bits per heavy atom. The lowest BCUT2D eigenvalue weighted by Gasteiger charge is -2.05. The van der Waals surface area contributed by atoms with Crippen LogP contribution in [0.15, 0.2) is 42.6 Å². The van der Waals surface area contributed by atoms with Gasteiger partial charge in [-0.1, -0.05) is 23.7 Å². The Balaban J connectivity index is 2.11. The highest BCUT2D eigenvalue weighted by Gasteiger charge is 1.96. The smallest absolute Gasteiger partial charge is 0.130 e. The van der Waals surface area contributed by atoms with E-state index in [1.54, 1.807) is 12.3 Å². The number of nitrogens with one attached hydrogen (secondary N) is 1. The zero-order valence-corrected chi connectivity index (χ0v) is 9.41. The molecule has 0 saturated carbocycles. The first-order valence-electron chi connectivity index (χ1n) is 4.95. The van der Waals surface area contributed by atoms with E-state index in [1.165, 1.54) is 0 Å². The van der Waals surface area contributed by atoms with Gasteiger partial charge in [0.1, 0.15) is 5.82 Å². The Kier molecular flexibility index (Phi) is 3.39. The fourth-order valence-corrected chi connectivity index (χ4v) is 1.43. The zero-order chi connectivity index (χ0) is 11.4. The van der Waals surface area contributed by atoms with Gasteiger partial charge in [0.2, 0.25) is 0 Å². The van der Waals surface area contributed by atoms with Crippen LogP contribution < -0.4 is 11.1 Å². The topological polar surface area (TPSA) is 50.9 Å². The van der Waals surface area contributed by atoms with Gasteiger partial charge in [-0.3, -0.25) is 0 Å². The van der Waals surface area contributed by atoms with Crippen molar-refractivity contribution >= 4 is 23.1 Å². The lowest BCUT2D eigenvalue weighted by atomic mass is 10.2. The number of pyridine rings is 1. The van der Waals surface area contributed by atoms with Crippen molar-refractivity contribution in [3.63, 3.8) is 0 Å². The molecule has 3 nitrogen and oxygen atoms in total. The number of nitrogens with two attached hydrogens (primary N) is 1. The molecule has 16 heavy (non-hydrogen) atoms. The van der Waals surface area contributed by atoms with E-state index in [0.717, 1.165) is 17.1 Å². The number of benzene rings is 1. The SMILES string of the molecule is NCc1ccc(Nc2ccc(Cl)cn2)cc1. The monoisotopic (exact) mass is 233 g/mol. The van der Waals surface area contributed by atoms with Gasteiger partial charge in [-0.2, -0.15) is 0 Å². The van der Waals surface area contributed by atoms with Crippen LogP contribution in [0.3, 0.4) is 0 Å². The number of rotatable bonds is 3. The first-order valence-corrected chi connectivity index (χ1v) is 5.33. The molecule has 0 aliphatic heterocycles. The molecular formula is C12H12ClN3. The highest BCUT2D eigenvalue weighted by molar-refractivity contribution is 6.30. The van der Waals surface area contributed by atoms with Crippen LogP contribution in [-0.2, 0) is 6.54 Å². The average Bonchev–Trinajstić information content (AvgIpc) is 2.33. The molecule has 0 bridgehead atoms. The summed E-state index contributed by atoms with van der Waals surface area (Å²) < 4.78 is 0. The Morgan fingerprint density at radius 2 is 1.88 bits per heavy atom. The predicted molar refractivity (Wildman–Crippen MR) is 66.9 cm³/mol. The molecule has 2 rings (SSSR count). The van der Waals surface area contributed by atoms with Crippen molar-refractivity contribution in [2.24, 2.45) is 5.73 Å². The van der Waals surface area contributed by atoms with Crippen molar-refractivity contribution in [3.8, 4) is 0 Å². The Labute approximate surface area is 99.3 Å². The van der Waals surface area contributed by atoms with Gasteiger partial charge in [0.15, 0.2) is 0 Å². The third-order valence-electron chi connectivity index (χ3n) is 2.19. The summed E-state index contributed by atoms with van der Waals surface area (Å²) in [5, 5.41) is 3.80. The fraction of sp³-hybridized carbons (Fsp3) is 0.0833. The second-order valence-corrected chi connectivity index (χ2v) is 3.82. The molecule has 0 atom stereocenters. The van der Waals surface area contributed by atoms with E-state index in [-0.39, 0.29) is 0 Å². The standard InChI is InChI=1S/C12H12ClN3/c13-10-3-6-12(15-8-10)16-11-4-1-9(7-14)2-5-11/h1-6,8H,7,14H2,(H,15,16). The van der Waals surface area contributed by atoms with Crippen LogP contribution in [0.25, 0.3) is 0 Å². The zero-order valence-electron chi connectivity index (χ0n) is 8.65. The molecular weight excluding hydrogens is 222 g/mol. The first kappa shape index (κ1) is 10.9. The molecule has 0 aliphatic carbocycles. The maximum absolute atomic E-state index is 5.75. The van der Waals surface area contributed by atoms with Crippen molar-refractivity contribution in [1.29, 1.82) is 0 Å². The molecule has 0 aliphatic rings. The van der Waals surface area contributed by atoms with Crippen molar-refractivity contribution in [2.75, 3.05) is 5.32 Å². The maximum Gasteiger partial charge on any atom is 0.130 e. The summed E-state index contributed by atoms with van der Waals surface area (Å²) in [6.07, 6.45) is 1.61. The molecule has 3 N–H and O–H groups in total. The average molecular weight is 234 g/mol. The maximum atomic E-state index is 5.75. The summed E-state index contributed by atoms with van der Waals surface area (Å²) in [5.74, 6) is 0.768. The van der Waals surface area contributed by atoms with Crippen LogP contribution in [0.5, 0.6) is 0 Å². The summed E-state index contributed by atoms with van der Waals surface area (Å²) in [4.78, 5) is 4.15. The molecule has 0 amide bonds. The third-order valence-corrected chi connectivity index (χ3v) is 2.41.